The van der Waals surface area contributed by atoms with Crippen LogP contribution in [0.2, 0.25) is 0 Å². The third-order valence-corrected chi connectivity index (χ3v) is 6.00. The van der Waals surface area contributed by atoms with Crippen LogP contribution in [0, 0.1) is 0 Å². The maximum atomic E-state index is 11.6. The Morgan fingerprint density at radius 2 is 2.11 bits per heavy atom. The van der Waals surface area contributed by atoms with E-state index in [4.69, 9.17) is 9.66 Å². The van der Waals surface area contributed by atoms with Crippen molar-refractivity contribution in [3.8, 4) is 11.4 Å². The fraction of sp³-hybridized carbons (Fsp3) is 0.222. The normalized spacial score (nSPS) is 16.6. The number of benzene rings is 2. The molecule has 0 amide bonds. The van der Waals surface area contributed by atoms with Crippen LogP contribution in [-0.2, 0) is 23.0 Å². The summed E-state index contributed by atoms with van der Waals surface area (Å²) in [4.78, 5) is 6.75. The van der Waals surface area contributed by atoms with Gasteiger partial charge in [-0.1, -0.05) is 33.2 Å². The molecule has 0 radical (unpaired) electrons. The summed E-state index contributed by atoms with van der Waals surface area (Å²) >= 11 is 3.44. The fourth-order valence-electron chi connectivity index (χ4n) is 3.30. The zero-order valence-corrected chi connectivity index (χ0v) is 16.9. The van der Waals surface area contributed by atoms with Crippen LogP contribution in [0.5, 0.6) is 0 Å². The average Bonchev–Trinajstić information content (AvgIpc) is 3.19. The molecule has 0 spiro atoms. The molecule has 2 aromatic carbocycles. The Bertz CT molecular complexity index is 1110. The highest BCUT2D eigenvalue weighted by atomic mass is 79.9. The third-order valence-electron chi connectivity index (χ3n) is 4.59. The Kier molecular flexibility index (Phi) is 4.53. The SMILES string of the molecule is C[C@H]1Cc2cc(S(N)(=O)=O)ccc2N1Cc1nc(-c2cccc(Br)c2)no1. The van der Waals surface area contributed by atoms with Gasteiger partial charge in [-0.05, 0) is 49.2 Å². The molecule has 0 saturated carbocycles. The minimum Gasteiger partial charge on any atom is -0.359 e. The van der Waals surface area contributed by atoms with Crippen molar-refractivity contribution in [2.45, 2.75) is 30.8 Å². The number of nitrogens with zero attached hydrogens (tertiary/aromatic N) is 3. The molecule has 1 aliphatic rings. The first-order chi connectivity index (χ1) is 12.8. The average molecular weight is 449 g/mol. The van der Waals surface area contributed by atoms with Gasteiger partial charge in [-0.25, -0.2) is 13.6 Å². The number of aromatic nitrogens is 2. The second kappa shape index (κ2) is 6.74. The summed E-state index contributed by atoms with van der Waals surface area (Å²) < 4.78 is 29.5. The van der Waals surface area contributed by atoms with E-state index >= 15 is 0 Å². The van der Waals surface area contributed by atoms with Crippen LogP contribution in [0.3, 0.4) is 0 Å². The van der Waals surface area contributed by atoms with E-state index in [1.54, 1.807) is 12.1 Å². The van der Waals surface area contributed by atoms with Gasteiger partial charge in [-0.2, -0.15) is 4.98 Å². The van der Waals surface area contributed by atoms with E-state index in [1.165, 1.54) is 6.07 Å². The lowest BCUT2D eigenvalue weighted by atomic mass is 10.1. The molecule has 27 heavy (non-hydrogen) atoms. The molecule has 3 aromatic rings. The fourth-order valence-corrected chi connectivity index (χ4v) is 4.26. The number of anilines is 1. The van der Waals surface area contributed by atoms with Gasteiger partial charge in [0.15, 0.2) is 0 Å². The molecule has 0 fully saturated rings. The van der Waals surface area contributed by atoms with E-state index in [-0.39, 0.29) is 10.9 Å². The van der Waals surface area contributed by atoms with Crippen molar-refractivity contribution in [3.63, 3.8) is 0 Å². The second-order valence-electron chi connectivity index (χ2n) is 6.54. The van der Waals surface area contributed by atoms with Gasteiger partial charge in [0, 0.05) is 21.8 Å². The van der Waals surface area contributed by atoms with Gasteiger partial charge in [-0.3, -0.25) is 0 Å². The van der Waals surface area contributed by atoms with Crippen LogP contribution in [-0.4, -0.2) is 24.6 Å². The van der Waals surface area contributed by atoms with E-state index in [9.17, 15) is 8.42 Å². The summed E-state index contributed by atoms with van der Waals surface area (Å²) in [6.07, 6.45) is 0.727. The van der Waals surface area contributed by atoms with Crippen LogP contribution in [0.1, 0.15) is 18.4 Å². The number of sulfonamides is 1. The van der Waals surface area contributed by atoms with Crippen LogP contribution < -0.4 is 10.0 Å². The van der Waals surface area contributed by atoms with Gasteiger partial charge >= 0.3 is 0 Å². The van der Waals surface area contributed by atoms with Gasteiger partial charge in [0.1, 0.15) is 0 Å². The standard InChI is InChI=1S/C18H17BrN4O3S/c1-11-7-13-9-15(27(20,24)25)5-6-16(13)23(11)10-17-21-18(22-26-17)12-3-2-4-14(19)8-12/h2-6,8-9,11H,7,10H2,1H3,(H2,20,24,25)/t11-/m0/s1. The van der Waals surface area contributed by atoms with Crippen molar-refractivity contribution in [1.82, 2.24) is 10.1 Å². The summed E-state index contributed by atoms with van der Waals surface area (Å²) in [5.74, 6) is 1.03. The molecule has 0 saturated heterocycles. The van der Waals surface area contributed by atoms with Crippen LogP contribution in [0.25, 0.3) is 11.4 Å². The Morgan fingerprint density at radius 1 is 1.30 bits per heavy atom. The molecule has 1 aromatic heterocycles. The predicted molar refractivity (Wildman–Crippen MR) is 105 cm³/mol. The van der Waals surface area contributed by atoms with Crippen molar-refractivity contribution < 1.29 is 12.9 Å². The maximum Gasteiger partial charge on any atom is 0.246 e. The highest BCUT2D eigenvalue weighted by Gasteiger charge is 2.28. The Hall–Kier alpha value is -2.23. The lowest BCUT2D eigenvalue weighted by Crippen LogP contribution is -2.28. The lowest BCUT2D eigenvalue weighted by molar-refractivity contribution is 0.374. The molecule has 7 nitrogen and oxygen atoms in total. The number of fused-ring (bicyclic) bond motifs is 1. The summed E-state index contributed by atoms with van der Waals surface area (Å²) in [6, 6.07) is 12.8. The molecule has 0 bridgehead atoms. The Morgan fingerprint density at radius 3 is 2.85 bits per heavy atom. The summed E-state index contributed by atoms with van der Waals surface area (Å²) in [7, 11) is -3.71. The highest BCUT2D eigenvalue weighted by Crippen LogP contribution is 2.34. The molecule has 9 heteroatoms. The molecule has 1 aliphatic heterocycles. The van der Waals surface area contributed by atoms with Crippen LogP contribution in [0.4, 0.5) is 5.69 Å². The van der Waals surface area contributed by atoms with Crippen molar-refractivity contribution in [2.75, 3.05) is 4.90 Å². The summed E-state index contributed by atoms with van der Waals surface area (Å²) in [5.41, 5.74) is 2.77. The zero-order valence-electron chi connectivity index (χ0n) is 14.5. The quantitative estimate of drug-likeness (QED) is 0.657. The number of nitrogens with two attached hydrogens (primary N) is 1. The largest absolute Gasteiger partial charge is 0.359 e. The molecule has 0 unspecified atom stereocenters. The summed E-state index contributed by atoms with van der Waals surface area (Å²) in [5, 5.41) is 9.30. The van der Waals surface area contributed by atoms with E-state index in [0.29, 0.717) is 18.3 Å². The van der Waals surface area contributed by atoms with Crippen molar-refractivity contribution in [1.29, 1.82) is 0 Å². The third kappa shape index (κ3) is 3.62. The number of halogens is 1. The first-order valence-corrected chi connectivity index (χ1v) is 10.7. The number of hydrogen-bond donors (Lipinski definition) is 1. The molecular formula is C18H17BrN4O3S. The molecule has 2 N–H and O–H groups in total. The molecule has 1 atom stereocenters. The molecular weight excluding hydrogens is 432 g/mol. The van der Waals surface area contributed by atoms with Gasteiger partial charge in [0.05, 0.1) is 11.4 Å². The van der Waals surface area contributed by atoms with E-state index < -0.39 is 10.0 Å². The first-order valence-electron chi connectivity index (χ1n) is 8.32. The molecule has 0 aliphatic carbocycles. The van der Waals surface area contributed by atoms with E-state index in [2.05, 4.69) is 37.9 Å². The van der Waals surface area contributed by atoms with Crippen molar-refractivity contribution in [3.05, 3.63) is 58.4 Å². The van der Waals surface area contributed by atoms with Gasteiger partial charge < -0.3 is 9.42 Å². The molecule has 4 rings (SSSR count). The lowest BCUT2D eigenvalue weighted by Gasteiger charge is -2.22. The zero-order chi connectivity index (χ0) is 19.2. The monoisotopic (exact) mass is 448 g/mol. The second-order valence-corrected chi connectivity index (χ2v) is 9.02. The van der Waals surface area contributed by atoms with Crippen LogP contribution >= 0.6 is 15.9 Å². The minimum absolute atomic E-state index is 0.130. The van der Waals surface area contributed by atoms with Gasteiger partial charge in [0.25, 0.3) is 0 Å². The van der Waals surface area contributed by atoms with E-state index in [1.807, 2.05) is 24.3 Å². The van der Waals surface area contributed by atoms with Crippen LogP contribution in [0.15, 0.2) is 56.4 Å². The predicted octanol–water partition coefficient (Wildman–Crippen LogP) is 3.10. The molecule has 2 heterocycles. The maximum absolute atomic E-state index is 11.6. The molecule has 140 valence electrons. The highest BCUT2D eigenvalue weighted by molar-refractivity contribution is 9.10. The summed E-state index contributed by atoms with van der Waals surface area (Å²) in [6.45, 7) is 2.52. The van der Waals surface area contributed by atoms with E-state index in [0.717, 1.165) is 27.7 Å². The number of primary sulfonamides is 1. The first kappa shape index (κ1) is 18.1. The minimum atomic E-state index is -3.71. The topological polar surface area (TPSA) is 102 Å². The van der Waals surface area contributed by atoms with Crippen molar-refractivity contribution in [2.24, 2.45) is 5.14 Å². The van der Waals surface area contributed by atoms with Gasteiger partial charge in [0.2, 0.25) is 21.7 Å². The Balaban J connectivity index is 1.60. The number of hydrogen-bond acceptors (Lipinski definition) is 6. The number of rotatable bonds is 4. The Labute approximate surface area is 165 Å². The van der Waals surface area contributed by atoms with Gasteiger partial charge in [-0.15, -0.1) is 0 Å². The smallest absolute Gasteiger partial charge is 0.246 e. The van der Waals surface area contributed by atoms with Crippen molar-refractivity contribution >= 4 is 31.6 Å².